The van der Waals surface area contributed by atoms with Crippen LogP contribution in [0.2, 0.25) is 0 Å². The number of hydrogen-bond acceptors (Lipinski definition) is 6. The van der Waals surface area contributed by atoms with Crippen LogP contribution in [-0.4, -0.2) is 30.0 Å². The topological polar surface area (TPSA) is 121 Å². The second-order valence-corrected chi connectivity index (χ2v) is 9.05. The molecule has 7 heteroatoms. The van der Waals surface area contributed by atoms with Crippen molar-refractivity contribution >= 4 is 8.60 Å². The van der Waals surface area contributed by atoms with Gasteiger partial charge in [-0.3, -0.25) is 0 Å². The Morgan fingerprint density at radius 3 is 0.618 bits per heavy atom. The molecule has 188 valence electrons. The van der Waals surface area contributed by atoms with E-state index in [0.717, 1.165) is 33.4 Å². The Hall–Kier alpha value is -2.63. The molecule has 6 nitrogen and oxygen atoms in total. The fraction of sp³-hybridized carbons (Fsp3) is 0.333. The Morgan fingerprint density at radius 1 is 0.382 bits per heavy atom. The molecule has 0 amide bonds. The summed E-state index contributed by atoms with van der Waals surface area (Å²) in [7, 11) is -2.62. The number of phenolic OH excluding ortho intramolecular Hbond substituents is 3. The first-order valence-corrected chi connectivity index (χ1v) is 11.9. The zero-order valence-electron chi connectivity index (χ0n) is 21.6. The molecule has 0 atom stereocenters. The molecule has 0 spiro atoms. The van der Waals surface area contributed by atoms with E-state index in [4.69, 9.17) is 14.7 Å². The van der Waals surface area contributed by atoms with Gasteiger partial charge in [-0.1, -0.05) is 53.1 Å². The van der Waals surface area contributed by atoms with Crippen LogP contribution in [0.5, 0.6) is 17.2 Å². The Labute approximate surface area is 204 Å². The van der Waals surface area contributed by atoms with Gasteiger partial charge in [-0.15, -0.1) is 0 Å². The van der Waals surface area contributed by atoms with Crippen LogP contribution in [-0.2, 0) is 0 Å². The fourth-order valence-corrected chi connectivity index (χ4v) is 3.52. The highest BCUT2D eigenvalue weighted by molar-refractivity contribution is 7.38. The number of phenols is 3. The van der Waals surface area contributed by atoms with Crippen molar-refractivity contribution in [3.63, 3.8) is 0 Å². The molecule has 3 aromatic rings. The smallest absolute Gasteiger partial charge is 0.324 e. The van der Waals surface area contributed by atoms with E-state index in [1.165, 1.54) is 16.7 Å². The minimum Gasteiger partial charge on any atom is -0.507 e. The second kappa shape index (κ2) is 14.6. The van der Waals surface area contributed by atoms with Crippen molar-refractivity contribution in [3.05, 3.63) is 86.5 Å². The first kappa shape index (κ1) is 31.4. The van der Waals surface area contributed by atoms with Crippen LogP contribution in [0.4, 0.5) is 0 Å². The molecule has 0 saturated heterocycles. The van der Waals surface area contributed by atoms with E-state index in [0.29, 0.717) is 17.2 Å². The molecule has 0 heterocycles. The van der Waals surface area contributed by atoms with Crippen LogP contribution in [0, 0.1) is 62.3 Å². The maximum atomic E-state index is 9.33. The number of rotatable bonds is 0. The first-order chi connectivity index (χ1) is 15.6. The largest absolute Gasteiger partial charge is 0.507 e. The van der Waals surface area contributed by atoms with E-state index in [1.54, 1.807) is 0 Å². The average molecular weight is 491 g/mol. The summed E-state index contributed by atoms with van der Waals surface area (Å²) in [4.78, 5) is 21.7. The Balaban J connectivity index is 0.000000445. The summed E-state index contributed by atoms with van der Waals surface area (Å²) in [6.07, 6.45) is 0. The van der Waals surface area contributed by atoms with Crippen LogP contribution < -0.4 is 0 Å². The highest BCUT2D eigenvalue weighted by atomic mass is 31.2. The Bertz CT molecular complexity index is 873. The number of aromatic hydroxyl groups is 3. The lowest BCUT2D eigenvalue weighted by Crippen LogP contribution is -1.81. The highest BCUT2D eigenvalue weighted by Crippen LogP contribution is 2.23. The Morgan fingerprint density at radius 2 is 0.500 bits per heavy atom. The summed E-state index contributed by atoms with van der Waals surface area (Å²) in [5.41, 5.74) is 9.34. The van der Waals surface area contributed by atoms with Gasteiger partial charge in [0.2, 0.25) is 0 Å². The molecule has 3 rings (SSSR count). The molecule has 0 aliphatic heterocycles. The van der Waals surface area contributed by atoms with Gasteiger partial charge in [0.15, 0.2) is 0 Å². The second-order valence-electron chi connectivity index (χ2n) is 8.51. The third kappa shape index (κ3) is 11.5. The van der Waals surface area contributed by atoms with Crippen molar-refractivity contribution in [3.8, 4) is 17.2 Å². The zero-order valence-corrected chi connectivity index (χ0v) is 22.5. The van der Waals surface area contributed by atoms with Gasteiger partial charge in [-0.05, 0) is 95.7 Å². The minimum atomic E-state index is -2.62. The molecular weight excluding hydrogens is 451 g/mol. The lowest BCUT2D eigenvalue weighted by Gasteiger charge is -2.03. The molecule has 0 bridgehead atoms. The summed E-state index contributed by atoms with van der Waals surface area (Å²) in [5.74, 6) is 1.27. The normalized spacial score (nSPS) is 9.79. The maximum absolute atomic E-state index is 9.33. The van der Waals surface area contributed by atoms with Gasteiger partial charge in [-0.2, -0.15) is 0 Å². The molecule has 0 aliphatic rings. The molecule has 0 aromatic heterocycles. The van der Waals surface area contributed by atoms with Gasteiger partial charge in [-0.25, -0.2) is 0 Å². The van der Waals surface area contributed by atoms with Gasteiger partial charge in [0.05, 0.1) is 0 Å². The van der Waals surface area contributed by atoms with Crippen LogP contribution in [0.3, 0.4) is 0 Å². The van der Waals surface area contributed by atoms with E-state index in [-0.39, 0.29) is 0 Å². The van der Waals surface area contributed by atoms with E-state index >= 15 is 0 Å². The van der Waals surface area contributed by atoms with Crippen molar-refractivity contribution in [2.45, 2.75) is 62.3 Å². The van der Waals surface area contributed by atoms with Crippen molar-refractivity contribution in [2.75, 3.05) is 0 Å². The quantitative estimate of drug-likeness (QED) is 0.211. The number of benzene rings is 3. The molecule has 0 aliphatic carbocycles. The monoisotopic (exact) mass is 490 g/mol. The maximum Gasteiger partial charge on any atom is 0.324 e. The summed E-state index contributed by atoms with van der Waals surface area (Å²) in [6, 6.07) is 11.8. The van der Waals surface area contributed by atoms with Crippen LogP contribution >= 0.6 is 8.60 Å². The molecule has 3 aromatic carbocycles. The highest BCUT2D eigenvalue weighted by Gasteiger charge is 2.00. The van der Waals surface area contributed by atoms with Crippen molar-refractivity contribution in [1.29, 1.82) is 0 Å². The first-order valence-electron chi connectivity index (χ1n) is 10.7. The van der Waals surface area contributed by atoms with Crippen molar-refractivity contribution in [1.82, 2.24) is 0 Å². The average Bonchev–Trinajstić information content (AvgIpc) is 2.68. The zero-order chi connectivity index (χ0) is 26.7. The van der Waals surface area contributed by atoms with Crippen LogP contribution in [0.25, 0.3) is 0 Å². The van der Waals surface area contributed by atoms with Gasteiger partial charge >= 0.3 is 8.60 Å². The van der Waals surface area contributed by atoms with Crippen molar-refractivity contribution < 1.29 is 30.0 Å². The van der Waals surface area contributed by atoms with E-state index in [2.05, 4.69) is 0 Å². The lowest BCUT2D eigenvalue weighted by molar-refractivity contribution is 0.368. The minimum absolute atomic E-state index is 0.422. The van der Waals surface area contributed by atoms with Crippen LogP contribution in [0.1, 0.15) is 50.1 Å². The molecule has 0 unspecified atom stereocenters. The SMILES string of the molecule is Cc1cc(C)c(O)c(C)c1.Cc1cc(C)c(O)c(C)c1.Cc1cc(C)c(O)c(C)c1.OP(O)O. The molecular formula is C27H39O6P. The van der Waals surface area contributed by atoms with Gasteiger partial charge < -0.3 is 30.0 Å². The molecule has 34 heavy (non-hydrogen) atoms. The summed E-state index contributed by atoms with van der Waals surface area (Å²) in [5, 5.41) is 28.0. The predicted octanol–water partition coefficient (Wildman–Crippen LogP) is 6.14. The Kier molecular flexibility index (Phi) is 13.5. The fourth-order valence-electron chi connectivity index (χ4n) is 3.52. The molecule has 6 N–H and O–H groups in total. The molecule has 0 radical (unpaired) electrons. The third-order valence-electron chi connectivity index (χ3n) is 4.91. The van der Waals surface area contributed by atoms with E-state index in [1.807, 2.05) is 98.7 Å². The lowest BCUT2D eigenvalue weighted by atomic mass is 10.1. The predicted molar refractivity (Wildman–Crippen MR) is 141 cm³/mol. The van der Waals surface area contributed by atoms with E-state index in [9.17, 15) is 15.3 Å². The summed E-state index contributed by atoms with van der Waals surface area (Å²) >= 11 is 0. The van der Waals surface area contributed by atoms with Gasteiger partial charge in [0.25, 0.3) is 0 Å². The molecule has 0 fully saturated rings. The number of aryl methyl sites for hydroxylation is 9. The third-order valence-corrected chi connectivity index (χ3v) is 4.91. The van der Waals surface area contributed by atoms with Crippen LogP contribution in [0.15, 0.2) is 36.4 Å². The molecule has 0 saturated carbocycles. The van der Waals surface area contributed by atoms with Crippen molar-refractivity contribution in [2.24, 2.45) is 0 Å². The summed E-state index contributed by atoms with van der Waals surface area (Å²) in [6.45, 7) is 17.6. The van der Waals surface area contributed by atoms with E-state index < -0.39 is 8.60 Å². The number of hydrogen-bond donors (Lipinski definition) is 6. The van der Waals surface area contributed by atoms with Gasteiger partial charge in [0, 0.05) is 0 Å². The van der Waals surface area contributed by atoms with Gasteiger partial charge in [0.1, 0.15) is 17.2 Å². The summed E-state index contributed by atoms with van der Waals surface area (Å²) < 4.78 is 0. The standard InChI is InChI=1S/3C9H12O.H3O3P/c3*1-6-4-7(2)9(10)8(3)5-6;1-4(2)3/h3*4-5,10H,1-3H3;1-3H.